The van der Waals surface area contributed by atoms with Crippen LogP contribution in [0.15, 0.2) is 30.3 Å². The quantitative estimate of drug-likeness (QED) is 0.637. The molecular weight excluding hydrogens is 318 g/mol. The Morgan fingerprint density at radius 1 is 1.25 bits per heavy atom. The maximum absolute atomic E-state index is 13.9. The molecule has 5 nitrogen and oxygen atoms in total. The largest absolute Gasteiger partial charge is 0.370 e. The van der Waals surface area contributed by atoms with Gasteiger partial charge in [-0.3, -0.25) is 9.59 Å². The standard InChI is InChI=1S/C17H21F2N2O3/c1-16(12-22,9-7-14(20)23)21-15(24)8-10-17(18,19)11-13-5-3-2-4-6-13/h2-6,8,12H,7,9-11H2,1H3,(H2,20,23)(H,21,24)/t16-/m0/s1. The van der Waals surface area contributed by atoms with Crippen molar-refractivity contribution < 1.29 is 23.2 Å². The molecular formula is C17H21F2N2O3. The van der Waals surface area contributed by atoms with Gasteiger partial charge in [0.2, 0.25) is 11.8 Å². The lowest BCUT2D eigenvalue weighted by molar-refractivity contribution is -0.125. The Morgan fingerprint density at radius 2 is 1.88 bits per heavy atom. The molecule has 0 unspecified atom stereocenters. The molecule has 0 aliphatic heterocycles. The van der Waals surface area contributed by atoms with E-state index in [2.05, 4.69) is 5.32 Å². The van der Waals surface area contributed by atoms with Gasteiger partial charge in [0.1, 0.15) is 6.29 Å². The first-order valence-corrected chi connectivity index (χ1v) is 7.47. The number of primary amides is 1. The molecule has 7 heteroatoms. The van der Waals surface area contributed by atoms with E-state index in [1.165, 1.54) is 6.92 Å². The zero-order valence-electron chi connectivity index (χ0n) is 13.4. The maximum Gasteiger partial charge on any atom is 0.252 e. The van der Waals surface area contributed by atoms with Crippen LogP contribution in [-0.2, 0) is 20.8 Å². The van der Waals surface area contributed by atoms with E-state index in [0.29, 0.717) is 11.8 Å². The van der Waals surface area contributed by atoms with Crippen LogP contribution in [0, 0.1) is 6.42 Å². The Morgan fingerprint density at radius 3 is 2.42 bits per heavy atom. The van der Waals surface area contributed by atoms with E-state index in [1.807, 2.05) is 0 Å². The second-order valence-electron chi connectivity index (χ2n) is 5.92. The molecule has 0 aromatic heterocycles. The number of hydrogen-bond acceptors (Lipinski definition) is 3. The van der Waals surface area contributed by atoms with Crippen molar-refractivity contribution in [2.24, 2.45) is 5.73 Å². The number of carbonyl (C=O) groups is 3. The molecule has 0 spiro atoms. The van der Waals surface area contributed by atoms with Crippen LogP contribution in [0.4, 0.5) is 8.78 Å². The van der Waals surface area contributed by atoms with Gasteiger partial charge in [-0.15, -0.1) is 0 Å². The van der Waals surface area contributed by atoms with Crippen LogP contribution in [-0.4, -0.2) is 29.6 Å². The highest BCUT2D eigenvalue weighted by molar-refractivity contribution is 5.88. The van der Waals surface area contributed by atoms with Crippen molar-refractivity contribution in [3.8, 4) is 0 Å². The van der Waals surface area contributed by atoms with Crippen LogP contribution in [0.3, 0.4) is 0 Å². The minimum absolute atomic E-state index is 0.00578. The van der Waals surface area contributed by atoms with Crippen molar-refractivity contribution in [2.75, 3.05) is 0 Å². The van der Waals surface area contributed by atoms with E-state index in [0.717, 1.165) is 6.42 Å². The fourth-order valence-corrected chi connectivity index (χ4v) is 2.07. The van der Waals surface area contributed by atoms with E-state index in [9.17, 15) is 23.2 Å². The Bertz CT molecular complexity index is 578. The first-order valence-electron chi connectivity index (χ1n) is 7.47. The number of carbonyl (C=O) groups excluding carboxylic acids is 3. The van der Waals surface area contributed by atoms with Gasteiger partial charge < -0.3 is 15.8 Å². The minimum atomic E-state index is -3.08. The summed E-state index contributed by atoms with van der Waals surface area (Å²) in [4.78, 5) is 33.6. The lowest BCUT2D eigenvalue weighted by Gasteiger charge is -2.24. The molecule has 1 aromatic rings. The predicted octanol–water partition coefficient (Wildman–Crippen LogP) is 1.80. The van der Waals surface area contributed by atoms with Gasteiger partial charge in [0.25, 0.3) is 5.92 Å². The third-order valence-corrected chi connectivity index (χ3v) is 3.45. The van der Waals surface area contributed by atoms with Crippen LogP contribution in [0.2, 0.25) is 0 Å². The second-order valence-corrected chi connectivity index (χ2v) is 5.92. The number of nitrogens with two attached hydrogens (primary N) is 1. The summed E-state index contributed by atoms with van der Waals surface area (Å²) in [5, 5.41) is 2.33. The van der Waals surface area contributed by atoms with Crippen LogP contribution >= 0.6 is 0 Å². The molecule has 0 saturated heterocycles. The van der Waals surface area contributed by atoms with Gasteiger partial charge in [-0.25, -0.2) is 8.78 Å². The molecule has 131 valence electrons. The van der Waals surface area contributed by atoms with Crippen molar-refractivity contribution in [3.63, 3.8) is 0 Å². The van der Waals surface area contributed by atoms with E-state index in [4.69, 9.17) is 5.73 Å². The highest BCUT2D eigenvalue weighted by atomic mass is 19.3. The third kappa shape index (κ3) is 7.30. The summed E-state index contributed by atoms with van der Waals surface area (Å²) in [5.74, 6) is -4.48. The SMILES string of the molecule is C[C@@](C=O)(CCC(N)=O)NC(=O)[CH]CC(F)(F)Cc1ccccc1. The Kier molecular flexibility index (Phi) is 7.00. The van der Waals surface area contributed by atoms with E-state index in [1.54, 1.807) is 30.3 Å². The summed E-state index contributed by atoms with van der Waals surface area (Å²) in [6, 6.07) is 8.22. The van der Waals surface area contributed by atoms with Gasteiger partial charge in [0.05, 0.1) is 12.0 Å². The fraction of sp³-hybridized carbons (Fsp3) is 0.412. The molecule has 0 aliphatic rings. The monoisotopic (exact) mass is 339 g/mol. The van der Waals surface area contributed by atoms with Crippen molar-refractivity contribution in [1.82, 2.24) is 5.32 Å². The molecule has 1 aromatic carbocycles. The predicted molar refractivity (Wildman–Crippen MR) is 85.1 cm³/mol. The smallest absolute Gasteiger partial charge is 0.252 e. The van der Waals surface area contributed by atoms with Gasteiger partial charge in [-0.1, -0.05) is 30.3 Å². The van der Waals surface area contributed by atoms with Gasteiger partial charge in [-0.05, 0) is 18.9 Å². The Hall–Kier alpha value is -2.31. The molecule has 1 radical (unpaired) electrons. The van der Waals surface area contributed by atoms with E-state index in [-0.39, 0.29) is 12.8 Å². The molecule has 1 atom stereocenters. The highest BCUT2D eigenvalue weighted by Gasteiger charge is 2.32. The molecule has 24 heavy (non-hydrogen) atoms. The van der Waals surface area contributed by atoms with Crippen LogP contribution in [0.5, 0.6) is 0 Å². The first kappa shape index (κ1) is 19.7. The topological polar surface area (TPSA) is 89.3 Å². The zero-order chi connectivity index (χ0) is 18.2. The molecule has 3 N–H and O–H groups in total. The molecule has 2 amide bonds. The summed E-state index contributed by atoms with van der Waals surface area (Å²) >= 11 is 0. The number of rotatable bonds is 10. The fourth-order valence-electron chi connectivity index (χ4n) is 2.07. The summed E-state index contributed by atoms with van der Waals surface area (Å²) < 4.78 is 27.8. The van der Waals surface area contributed by atoms with Crippen molar-refractivity contribution in [3.05, 3.63) is 42.3 Å². The van der Waals surface area contributed by atoms with Gasteiger partial charge in [-0.2, -0.15) is 0 Å². The van der Waals surface area contributed by atoms with Crippen molar-refractivity contribution in [2.45, 2.75) is 44.1 Å². The lowest BCUT2D eigenvalue weighted by Crippen LogP contribution is -2.48. The van der Waals surface area contributed by atoms with Crippen molar-refractivity contribution >= 4 is 18.1 Å². The van der Waals surface area contributed by atoms with E-state index >= 15 is 0 Å². The number of benzene rings is 1. The Balaban J connectivity index is 2.51. The lowest BCUT2D eigenvalue weighted by atomic mass is 9.96. The number of hydrogen-bond donors (Lipinski definition) is 2. The Labute approximate surface area is 139 Å². The van der Waals surface area contributed by atoms with Gasteiger partial charge >= 0.3 is 0 Å². The molecule has 0 fully saturated rings. The zero-order valence-corrected chi connectivity index (χ0v) is 13.4. The van der Waals surface area contributed by atoms with Crippen molar-refractivity contribution in [1.29, 1.82) is 0 Å². The number of amides is 2. The summed E-state index contributed by atoms with van der Waals surface area (Å²) in [5.41, 5.74) is 4.15. The second kappa shape index (κ2) is 8.52. The van der Waals surface area contributed by atoms with Gasteiger partial charge in [0, 0.05) is 19.3 Å². The molecule has 0 aliphatic carbocycles. The number of halogens is 2. The average molecular weight is 339 g/mol. The molecule has 0 bridgehead atoms. The number of aldehydes is 1. The average Bonchev–Trinajstić information content (AvgIpc) is 2.52. The summed E-state index contributed by atoms with van der Waals surface area (Å²) in [6.07, 6.45) is -0.0486. The highest BCUT2D eigenvalue weighted by Crippen LogP contribution is 2.25. The number of alkyl halides is 2. The maximum atomic E-state index is 13.9. The number of nitrogens with one attached hydrogen (secondary N) is 1. The van der Waals surface area contributed by atoms with Crippen LogP contribution in [0.25, 0.3) is 0 Å². The van der Waals surface area contributed by atoms with Gasteiger partial charge in [0.15, 0.2) is 0 Å². The third-order valence-electron chi connectivity index (χ3n) is 3.45. The first-order chi connectivity index (χ1) is 11.2. The molecule has 0 heterocycles. The van der Waals surface area contributed by atoms with Crippen LogP contribution < -0.4 is 11.1 Å². The van der Waals surface area contributed by atoms with E-state index < -0.39 is 36.1 Å². The molecule has 0 saturated carbocycles. The molecule has 1 rings (SSSR count). The summed E-state index contributed by atoms with van der Waals surface area (Å²) in [6.45, 7) is 1.40. The normalized spacial score (nSPS) is 13.8. The summed E-state index contributed by atoms with van der Waals surface area (Å²) in [7, 11) is 0. The van der Waals surface area contributed by atoms with Crippen LogP contribution in [0.1, 0.15) is 31.7 Å². The minimum Gasteiger partial charge on any atom is -0.370 e.